The maximum atomic E-state index is 9.89. The van der Waals surface area contributed by atoms with Gasteiger partial charge in [0, 0.05) is 31.9 Å². The highest BCUT2D eigenvalue weighted by molar-refractivity contribution is 5.31. The Morgan fingerprint density at radius 2 is 2.10 bits per heavy atom. The standard InChI is InChI=1S/C16H25NO3/c18-10-4-3-9-17(13-15-7-5-11-20-15)12-14-6-1-2-8-16(14)19/h1-2,6,8,15,18-19H,3-5,7,9-13H2. The van der Waals surface area contributed by atoms with Crippen LogP contribution in [-0.4, -0.2) is 47.5 Å². The van der Waals surface area contributed by atoms with Crippen LogP contribution in [0.5, 0.6) is 5.75 Å². The van der Waals surface area contributed by atoms with Gasteiger partial charge in [0.2, 0.25) is 0 Å². The highest BCUT2D eigenvalue weighted by Crippen LogP contribution is 2.20. The van der Waals surface area contributed by atoms with Gasteiger partial charge in [0.25, 0.3) is 0 Å². The second-order valence-electron chi connectivity index (χ2n) is 5.43. The molecule has 1 heterocycles. The highest BCUT2D eigenvalue weighted by atomic mass is 16.5. The average molecular weight is 279 g/mol. The molecule has 0 bridgehead atoms. The van der Waals surface area contributed by atoms with Gasteiger partial charge in [-0.1, -0.05) is 18.2 Å². The van der Waals surface area contributed by atoms with Gasteiger partial charge >= 0.3 is 0 Å². The topological polar surface area (TPSA) is 52.9 Å². The van der Waals surface area contributed by atoms with Gasteiger partial charge < -0.3 is 14.9 Å². The molecule has 4 heteroatoms. The number of aromatic hydroxyl groups is 1. The molecular formula is C16H25NO3. The van der Waals surface area contributed by atoms with Crippen molar-refractivity contribution in [2.75, 3.05) is 26.3 Å². The predicted molar refractivity (Wildman–Crippen MR) is 78.7 cm³/mol. The molecule has 2 rings (SSSR count). The number of phenolic OH excluding ortho intramolecular Hbond substituents is 1. The molecule has 1 aliphatic rings. The summed E-state index contributed by atoms with van der Waals surface area (Å²) >= 11 is 0. The number of ether oxygens (including phenoxy) is 1. The van der Waals surface area contributed by atoms with Gasteiger partial charge in [0.05, 0.1) is 6.10 Å². The van der Waals surface area contributed by atoms with E-state index >= 15 is 0 Å². The Hall–Kier alpha value is -1.10. The number of hydrogen-bond acceptors (Lipinski definition) is 4. The van der Waals surface area contributed by atoms with E-state index in [2.05, 4.69) is 4.90 Å². The molecule has 1 saturated heterocycles. The normalized spacial score (nSPS) is 18.8. The molecule has 1 atom stereocenters. The molecular weight excluding hydrogens is 254 g/mol. The van der Waals surface area contributed by atoms with E-state index in [4.69, 9.17) is 9.84 Å². The molecule has 0 saturated carbocycles. The first kappa shape index (κ1) is 15.3. The van der Waals surface area contributed by atoms with Crippen LogP contribution >= 0.6 is 0 Å². The van der Waals surface area contributed by atoms with Gasteiger partial charge in [-0.2, -0.15) is 0 Å². The summed E-state index contributed by atoms with van der Waals surface area (Å²) in [6.07, 6.45) is 4.37. The van der Waals surface area contributed by atoms with Gasteiger partial charge in [-0.25, -0.2) is 0 Å². The van der Waals surface area contributed by atoms with Crippen LogP contribution in [0.3, 0.4) is 0 Å². The lowest BCUT2D eigenvalue weighted by atomic mass is 10.1. The van der Waals surface area contributed by atoms with Crippen molar-refractivity contribution in [1.29, 1.82) is 0 Å². The summed E-state index contributed by atoms with van der Waals surface area (Å²) in [5, 5.41) is 18.8. The van der Waals surface area contributed by atoms with Gasteiger partial charge in [0.15, 0.2) is 0 Å². The molecule has 0 aromatic heterocycles. The van der Waals surface area contributed by atoms with E-state index in [1.54, 1.807) is 6.07 Å². The second kappa shape index (κ2) is 8.25. The van der Waals surface area contributed by atoms with E-state index in [0.717, 1.165) is 57.5 Å². The number of rotatable bonds is 8. The molecule has 1 aromatic rings. The number of phenols is 1. The summed E-state index contributed by atoms with van der Waals surface area (Å²) in [5.74, 6) is 0.354. The smallest absolute Gasteiger partial charge is 0.120 e. The number of hydrogen-bond donors (Lipinski definition) is 2. The lowest BCUT2D eigenvalue weighted by Gasteiger charge is -2.25. The molecule has 1 aliphatic heterocycles. The lowest BCUT2D eigenvalue weighted by molar-refractivity contribution is 0.0692. The van der Waals surface area contributed by atoms with Crippen molar-refractivity contribution in [3.8, 4) is 5.75 Å². The van der Waals surface area contributed by atoms with Gasteiger partial charge in [-0.15, -0.1) is 0 Å². The Morgan fingerprint density at radius 3 is 2.80 bits per heavy atom. The molecule has 1 aromatic carbocycles. The van der Waals surface area contributed by atoms with Crippen LogP contribution in [0.15, 0.2) is 24.3 Å². The molecule has 0 radical (unpaired) electrons. The molecule has 0 amide bonds. The summed E-state index contributed by atoms with van der Waals surface area (Å²) in [6.45, 7) is 3.67. The highest BCUT2D eigenvalue weighted by Gasteiger charge is 2.19. The molecule has 4 nitrogen and oxygen atoms in total. The Bertz CT molecular complexity index is 391. The van der Waals surface area contributed by atoms with Crippen molar-refractivity contribution in [2.24, 2.45) is 0 Å². The second-order valence-corrected chi connectivity index (χ2v) is 5.43. The maximum Gasteiger partial charge on any atom is 0.120 e. The van der Waals surface area contributed by atoms with E-state index in [0.29, 0.717) is 11.9 Å². The number of nitrogens with zero attached hydrogens (tertiary/aromatic N) is 1. The van der Waals surface area contributed by atoms with E-state index in [1.807, 2.05) is 18.2 Å². The SMILES string of the molecule is OCCCCN(Cc1ccccc1O)CC1CCCO1. The molecule has 0 spiro atoms. The Morgan fingerprint density at radius 1 is 1.25 bits per heavy atom. The molecule has 0 aliphatic carbocycles. The molecule has 1 unspecified atom stereocenters. The Kier molecular flexibility index (Phi) is 6.30. The molecule has 1 fully saturated rings. The van der Waals surface area contributed by atoms with Crippen LogP contribution in [0, 0.1) is 0 Å². The van der Waals surface area contributed by atoms with Crippen LogP contribution < -0.4 is 0 Å². The van der Waals surface area contributed by atoms with Gasteiger partial charge in [-0.3, -0.25) is 4.90 Å². The summed E-state index contributed by atoms with van der Waals surface area (Å²) in [7, 11) is 0. The quantitative estimate of drug-likeness (QED) is 0.716. The fourth-order valence-electron chi connectivity index (χ4n) is 2.64. The zero-order valence-electron chi connectivity index (χ0n) is 12.0. The first-order chi connectivity index (χ1) is 9.79. The third kappa shape index (κ3) is 4.78. The molecule has 112 valence electrons. The first-order valence-corrected chi connectivity index (χ1v) is 7.51. The minimum Gasteiger partial charge on any atom is -0.508 e. The summed E-state index contributed by atoms with van der Waals surface area (Å²) in [6, 6.07) is 7.49. The van der Waals surface area contributed by atoms with Crippen LogP contribution in [-0.2, 0) is 11.3 Å². The van der Waals surface area contributed by atoms with Gasteiger partial charge in [-0.05, 0) is 38.3 Å². The van der Waals surface area contributed by atoms with Crippen LogP contribution in [0.4, 0.5) is 0 Å². The van der Waals surface area contributed by atoms with Gasteiger partial charge in [0.1, 0.15) is 5.75 Å². The monoisotopic (exact) mass is 279 g/mol. The fraction of sp³-hybridized carbons (Fsp3) is 0.625. The zero-order chi connectivity index (χ0) is 14.2. The fourth-order valence-corrected chi connectivity index (χ4v) is 2.64. The predicted octanol–water partition coefficient (Wildman–Crippen LogP) is 2.15. The van der Waals surface area contributed by atoms with Crippen molar-refractivity contribution in [1.82, 2.24) is 4.90 Å². The lowest BCUT2D eigenvalue weighted by Crippen LogP contribution is -2.32. The van der Waals surface area contributed by atoms with Crippen molar-refractivity contribution in [3.63, 3.8) is 0 Å². The largest absolute Gasteiger partial charge is 0.508 e. The third-order valence-corrected chi connectivity index (χ3v) is 3.75. The summed E-state index contributed by atoms with van der Waals surface area (Å²) < 4.78 is 5.70. The third-order valence-electron chi connectivity index (χ3n) is 3.75. The number of para-hydroxylation sites is 1. The van der Waals surface area contributed by atoms with Crippen LogP contribution in [0.25, 0.3) is 0 Å². The van der Waals surface area contributed by atoms with Crippen LogP contribution in [0.2, 0.25) is 0 Å². The van der Waals surface area contributed by atoms with Crippen LogP contribution in [0.1, 0.15) is 31.2 Å². The van der Waals surface area contributed by atoms with E-state index < -0.39 is 0 Å². The maximum absolute atomic E-state index is 9.89. The van der Waals surface area contributed by atoms with E-state index in [9.17, 15) is 5.11 Å². The summed E-state index contributed by atoms with van der Waals surface area (Å²) in [5.41, 5.74) is 0.953. The number of aliphatic hydroxyl groups is 1. The Labute approximate surface area is 121 Å². The summed E-state index contributed by atoms with van der Waals surface area (Å²) in [4.78, 5) is 2.32. The number of unbranched alkanes of at least 4 members (excludes halogenated alkanes) is 1. The number of benzene rings is 1. The molecule has 2 N–H and O–H groups in total. The van der Waals surface area contributed by atoms with Crippen molar-refractivity contribution < 1.29 is 14.9 Å². The average Bonchev–Trinajstić information content (AvgIpc) is 2.94. The minimum atomic E-state index is 0.240. The van der Waals surface area contributed by atoms with E-state index in [1.165, 1.54) is 0 Å². The van der Waals surface area contributed by atoms with Crippen molar-refractivity contribution >= 4 is 0 Å². The Balaban J connectivity index is 1.92. The first-order valence-electron chi connectivity index (χ1n) is 7.51. The zero-order valence-corrected chi connectivity index (χ0v) is 12.0. The molecule has 20 heavy (non-hydrogen) atoms. The minimum absolute atomic E-state index is 0.240. The number of aliphatic hydroxyl groups excluding tert-OH is 1. The van der Waals surface area contributed by atoms with Crippen molar-refractivity contribution in [2.45, 2.75) is 38.3 Å². The van der Waals surface area contributed by atoms with E-state index in [-0.39, 0.29) is 6.61 Å². The van der Waals surface area contributed by atoms with Crippen molar-refractivity contribution in [3.05, 3.63) is 29.8 Å².